The summed E-state index contributed by atoms with van der Waals surface area (Å²) in [6.45, 7) is 3.81. The monoisotopic (exact) mass is 259 g/mol. The van der Waals surface area contributed by atoms with Crippen molar-refractivity contribution in [2.45, 2.75) is 6.42 Å². The fourth-order valence-electron chi connectivity index (χ4n) is 1.73. The Morgan fingerprint density at radius 2 is 1.83 bits per heavy atom. The SMILES string of the molecule is [CH2]Cc1ccc(-c2cc(C(=O)O)ccc2Cl)cc1. The fraction of sp³-hybridized carbons (Fsp3) is 0.0667. The van der Waals surface area contributed by atoms with Crippen LogP contribution in [0.15, 0.2) is 42.5 Å². The first-order valence-corrected chi connectivity index (χ1v) is 5.91. The van der Waals surface area contributed by atoms with Gasteiger partial charge in [-0.3, -0.25) is 0 Å². The molecule has 2 rings (SSSR count). The highest BCUT2D eigenvalue weighted by atomic mass is 35.5. The minimum atomic E-state index is -0.956. The van der Waals surface area contributed by atoms with Crippen molar-refractivity contribution in [1.82, 2.24) is 0 Å². The van der Waals surface area contributed by atoms with Gasteiger partial charge in [0.25, 0.3) is 0 Å². The van der Waals surface area contributed by atoms with Gasteiger partial charge in [-0.15, -0.1) is 0 Å². The zero-order valence-corrected chi connectivity index (χ0v) is 10.4. The quantitative estimate of drug-likeness (QED) is 0.902. The molecule has 1 N–H and O–H groups in total. The molecular formula is C15H12ClO2. The number of halogens is 1. The van der Waals surface area contributed by atoms with Crippen LogP contribution in [0.25, 0.3) is 11.1 Å². The predicted molar refractivity (Wildman–Crippen MR) is 72.9 cm³/mol. The number of carboxylic acid groups (broad SMARTS) is 1. The molecule has 0 fully saturated rings. The second kappa shape index (κ2) is 5.23. The number of hydrogen-bond acceptors (Lipinski definition) is 1. The van der Waals surface area contributed by atoms with Gasteiger partial charge in [-0.2, -0.15) is 0 Å². The van der Waals surface area contributed by atoms with E-state index < -0.39 is 5.97 Å². The Labute approximate surface area is 111 Å². The molecule has 0 aromatic heterocycles. The highest BCUT2D eigenvalue weighted by Gasteiger charge is 2.08. The van der Waals surface area contributed by atoms with Crippen molar-refractivity contribution < 1.29 is 9.90 Å². The van der Waals surface area contributed by atoms with Gasteiger partial charge in [0.2, 0.25) is 0 Å². The third-order valence-corrected chi connectivity index (χ3v) is 3.10. The molecule has 0 aliphatic rings. The second-order valence-electron chi connectivity index (χ2n) is 3.95. The van der Waals surface area contributed by atoms with Gasteiger partial charge in [-0.25, -0.2) is 4.79 Å². The number of carbonyl (C=O) groups is 1. The van der Waals surface area contributed by atoms with Crippen LogP contribution in [0.4, 0.5) is 0 Å². The standard InChI is InChI=1S/C15H12ClO2/c1-2-10-3-5-11(6-4-10)13-9-12(15(17)18)7-8-14(13)16/h3-9H,1-2H2,(H,17,18). The molecule has 91 valence electrons. The molecule has 0 aliphatic heterocycles. The summed E-state index contributed by atoms with van der Waals surface area (Å²) in [5, 5.41) is 9.52. The van der Waals surface area contributed by atoms with E-state index in [1.165, 1.54) is 6.07 Å². The number of benzene rings is 2. The van der Waals surface area contributed by atoms with Crippen molar-refractivity contribution in [3.05, 3.63) is 65.5 Å². The van der Waals surface area contributed by atoms with Gasteiger partial charge in [0.1, 0.15) is 0 Å². The Morgan fingerprint density at radius 1 is 1.17 bits per heavy atom. The van der Waals surface area contributed by atoms with Crippen molar-refractivity contribution >= 4 is 17.6 Å². The summed E-state index contributed by atoms with van der Waals surface area (Å²) >= 11 is 6.10. The van der Waals surface area contributed by atoms with Crippen LogP contribution in [0.3, 0.4) is 0 Å². The van der Waals surface area contributed by atoms with Gasteiger partial charge in [0.15, 0.2) is 0 Å². The van der Waals surface area contributed by atoms with E-state index in [1.54, 1.807) is 12.1 Å². The summed E-state index contributed by atoms with van der Waals surface area (Å²) in [6, 6.07) is 12.5. The lowest BCUT2D eigenvalue weighted by molar-refractivity contribution is 0.0697. The molecule has 0 amide bonds. The molecular weight excluding hydrogens is 248 g/mol. The topological polar surface area (TPSA) is 37.3 Å². The van der Waals surface area contributed by atoms with Gasteiger partial charge < -0.3 is 5.11 Å². The normalized spacial score (nSPS) is 10.3. The van der Waals surface area contributed by atoms with Crippen LogP contribution in [0.2, 0.25) is 5.02 Å². The van der Waals surface area contributed by atoms with Crippen molar-refractivity contribution in [2.24, 2.45) is 0 Å². The summed E-state index contributed by atoms with van der Waals surface area (Å²) in [5.74, 6) is -0.956. The predicted octanol–water partition coefficient (Wildman–Crippen LogP) is 4.08. The average Bonchev–Trinajstić information content (AvgIpc) is 2.39. The minimum Gasteiger partial charge on any atom is -0.478 e. The maximum Gasteiger partial charge on any atom is 0.335 e. The van der Waals surface area contributed by atoms with Gasteiger partial charge in [-0.1, -0.05) is 35.9 Å². The van der Waals surface area contributed by atoms with E-state index in [0.717, 1.165) is 23.1 Å². The van der Waals surface area contributed by atoms with E-state index in [2.05, 4.69) is 6.92 Å². The van der Waals surface area contributed by atoms with Crippen LogP contribution in [0.1, 0.15) is 15.9 Å². The molecule has 0 bridgehead atoms. The molecule has 1 radical (unpaired) electrons. The summed E-state index contributed by atoms with van der Waals surface area (Å²) < 4.78 is 0. The first-order chi connectivity index (χ1) is 8.61. The average molecular weight is 260 g/mol. The summed E-state index contributed by atoms with van der Waals surface area (Å²) in [6.07, 6.45) is 0.725. The van der Waals surface area contributed by atoms with Gasteiger partial charge in [-0.05, 0) is 42.7 Å². The first-order valence-electron chi connectivity index (χ1n) is 5.53. The number of rotatable bonds is 3. The Morgan fingerprint density at radius 3 is 2.39 bits per heavy atom. The Balaban J connectivity index is 2.48. The number of aromatic carboxylic acids is 1. The zero-order chi connectivity index (χ0) is 13.1. The van der Waals surface area contributed by atoms with Crippen LogP contribution in [-0.2, 0) is 6.42 Å². The highest BCUT2D eigenvalue weighted by molar-refractivity contribution is 6.33. The molecule has 0 unspecified atom stereocenters. The lowest BCUT2D eigenvalue weighted by Gasteiger charge is -2.07. The highest BCUT2D eigenvalue weighted by Crippen LogP contribution is 2.29. The van der Waals surface area contributed by atoms with Crippen LogP contribution in [0.5, 0.6) is 0 Å². The molecule has 0 saturated heterocycles. The summed E-state index contributed by atoms with van der Waals surface area (Å²) in [7, 11) is 0. The van der Waals surface area contributed by atoms with Crippen molar-refractivity contribution in [3.63, 3.8) is 0 Å². The van der Waals surface area contributed by atoms with Crippen LogP contribution < -0.4 is 0 Å². The molecule has 0 aliphatic carbocycles. The van der Waals surface area contributed by atoms with Crippen LogP contribution in [0, 0.1) is 6.92 Å². The molecule has 2 aromatic rings. The molecule has 18 heavy (non-hydrogen) atoms. The summed E-state index contributed by atoms with van der Waals surface area (Å²) in [5.41, 5.74) is 2.99. The molecule has 3 heteroatoms. The van der Waals surface area contributed by atoms with E-state index in [-0.39, 0.29) is 5.56 Å². The third-order valence-electron chi connectivity index (χ3n) is 2.77. The van der Waals surface area contributed by atoms with E-state index in [4.69, 9.17) is 16.7 Å². The van der Waals surface area contributed by atoms with E-state index >= 15 is 0 Å². The zero-order valence-electron chi connectivity index (χ0n) is 9.69. The Hall–Kier alpha value is -1.80. The van der Waals surface area contributed by atoms with Gasteiger partial charge in [0.05, 0.1) is 5.56 Å². The lowest BCUT2D eigenvalue weighted by Crippen LogP contribution is -1.96. The third kappa shape index (κ3) is 2.54. The van der Waals surface area contributed by atoms with Crippen molar-refractivity contribution in [1.29, 1.82) is 0 Å². The largest absolute Gasteiger partial charge is 0.478 e. The summed E-state index contributed by atoms with van der Waals surface area (Å²) in [4.78, 5) is 10.9. The fourth-order valence-corrected chi connectivity index (χ4v) is 1.96. The molecule has 2 nitrogen and oxygen atoms in total. The second-order valence-corrected chi connectivity index (χ2v) is 4.35. The maximum absolute atomic E-state index is 10.9. The minimum absolute atomic E-state index is 0.232. The maximum atomic E-state index is 10.9. The van der Waals surface area contributed by atoms with Crippen molar-refractivity contribution in [3.8, 4) is 11.1 Å². The lowest BCUT2D eigenvalue weighted by atomic mass is 10.0. The molecule has 2 aromatic carbocycles. The van der Waals surface area contributed by atoms with Crippen molar-refractivity contribution in [2.75, 3.05) is 0 Å². The molecule has 0 heterocycles. The van der Waals surface area contributed by atoms with Gasteiger partial charge >= 0.3 is 5.97 Å². The molecule has 0 spiro atoms. The number of hydrogen-bond donors (Lipinski definition) is 1. The van der Waals surface area contributed by atoms with E-state index in [1.807, 2.05) is 24.3 Å². The smallest absolute Gasteiger partial charge is 0.335 e. The molecule has 0 saturated carbocycles. The Bertz CT molecular complexity index is 574. The van der Waals surface area contributed by atoms with E-state index in [9.17, 15) is 4.79 Å². The molecule has 0 atom stereocenters. The first kappa shape index (κ1) is 12.7. The van der Waals surface area contributed by atoms with E-state index in [0.29, 0.717) is 5.02 Å². The van der Waals surface area contributed by atoms with Crippen LogP contribution in [-0.4, -0.2) is 11.1 Å². The van der Waals surface area contributed by atoms with Gasteiger partial charge in [0, 0.05) is 10.6 Å². The van der Waals surface area contributed by atoms with Crippen LogP contribution >= 0.6 is 11.6 Å². The number of carboxylic acids is 1. The Kier molecular flexibility index (Phi) is 3.68.